The predicted molar refractivity (Wildman–Crippen MR) is 55.1 cm³/mol. The lowest BCUT2D eigenvalue weighted by atomic mass is 9.96. The van der Waals surface area contributed by atoms with Crippen LogP contribution in [0.3, 0.4) is 0 Å². The summed E-state index contributed by atoms with van der Waals surface area (Å²) < 4.78 is 5.33. The van der Waals surface area contributed by atoms with E-state index < -0.39 is 0 Å². The van der Waals surface area contributed by atoms with Crippen LogP contribution in [0.1, 0.15) is 43.7 Å². The summed E-state index contributed by atoms with van der Waals surface area (Å²) in [6.07, 6.45) is 4.75. The fraction of sp³-hybridized carbons (Fsp3) is 0.727. The van der Waals surface area contributed by atoms with Crippen molar-refractivity contribution in [3.63, 3.8) is 0 Å². The molecule has 14 heavy (non-hydrogen) atoms. The fourth-order valence-electron chi connectivity index (χ4n) is 1.89. The quantitative estimate of drug-likeness (QED) is 0.800. The lowest BCUT2D eigenvalue weighted by Gasteiger charge is -2.10. The van der Waals surface area contributed by atoms with Crippen molar-refractivity contribution in [1.29, 1.82) is 0 Å². The highest BCUT2D eigenvalue weighted by Gasteiger charge is 2.18. The van der Waals surface area contributed by atoms with E-state index >= 15 is 0 Å². The summed E-state index contributed by atoms with van der Waals surface area (Å²) in [7, 11) is 0. The Morgan fingerprint density at radius 3 is 2.93 bits per heavy atom. The second-order valence-electron chi connectivity index (χ2n) is 4.27. The number of aromatic nitrogens is 1. The molecular formula is C11H18N2O. The average Bonchev–Trinajstić information content (AvgIpc) is 2.58. The van der Waals surface area contributed by atoms with Crippen LogP contribution in [0, 0.1) is 0 Å². The summed E-state index contributed by atoms with van der Waals surface area (Å²) in [5, 5.41) is 7.51. The van der Waals surface area contributed by atoms with Gasteiger partial charge in [0.25, 0.3) is 0 Å². The molecule has 2 rings (SSSR count). The van der Waals surface area contributed by atoms with E-state index in [1.54, 1.807) is 0 Å². The van der Waals surface area contributed by atoms with Crippen LogP contribution in [0.5, 0.6) is 0 Å². The third-order valence-corrected chi connectivity index (χ3v) is 2.71. The highest BCUT2D eigenvalue weighted by atomic mass is 16.5. The first-order valence-corrected chi connectivity index (χ1v) is 5.47. The molecule has 0 atom stereocenters. The molecule has 1 aliphatic carbocycles. The molecule has 0 radical (unpaired) electrons. The van der Waals surface area contributed by atoms with Crippen LogP contribution in [0.25, 0.3) is 0 Å². The average molecular weight is 194 g/mol. The molecule has 1 heterocycles. The number of aryl methyl sites for hydroxylation is 1. The maximum atomic E-state index is 5.33. The highest BCUT2D eigenvalue weighted by Crippen LogP contribution is 2.23. The number of hydrogen-bond donors (Lipinski definition) is 1. The molecule has 3 nitrogen and oxygen atoms in total. The van der Waals surface area contributed by atoms with Crippen molar-refractivity contribution in [2.45, 2.75) is 52.1 Å². The summed E-state index contributed by atoms with van der Waals surface area (Å²) in [6.45, 7) is 5.13. The molecule has 1 aromatic rings. The van der Waals surface area contributed by atoms with E-state index in [1.165, 1.54) is 18.4 Å². The maximum absolute atomic E-state index is 5.33. The van der Waals surface area contributed by atoms with Crippen molar-refractivity contribution in [3.8, 4) is 0 Å². The van der Waals surface area contributed by atoms with Gasteiger partial charge in [0.2, 0.25) is 0 Å². The molecule has 0 saturated carbocycles. The Balaban J connectivity index is 2.06. The molecular weight excluding hydrogens is 176 g/mol. The van der Waals surface area contributed by atoms with E-state index in [9.17, 15) is 0 Å². The third kappa shape index (κ3) is 1.98. The van der Waals surface area contributed by atoms with Gasteiger partial charge >= 0.3 is 0 Å². The first kappa shape index (κ1) is 9.71. The van der Waals surface area contributed by atoms with Gasteiger partial charge in [-0.1, -0.05) is 19.0 Å². The van der Waals surface area contributed by atoms with Gasteiger partial charge in [-0.05, 0) is 19.3 Å². The van der Waals surface area contributed by atoms with E-state index in [0.717, 1.165) is 30.8 Å². The summed E-state index contributed by atoms with van der Waals surface area (Å²) in [4.78, 5) is 0. The van der Waals surface area contributed by atoms with Crippen LogP contribution in [0.2, 0.25) is 0 Å². The molecule has 0 unspecified atom stereocenters. The van der Waals surface area contributed by atoms with Gasteiger partial charge in [0.1, 0.15) is 11.5 Å². The van der Waals surface area contributed by atoms with Crippen LogP contribution in [0.15, 0.2) is 4.52 Å². The standard InChI is InChI=1S/C11H18N2O/c1-8(2)12-7-10-9-5-3-4-6-11(9)14-13-10/h8,12H,3-7H2,1-2H3. The van der Waals surface area contributed by atoms with Crippen LogP contribution >= 0.6 is 0 Å². The number of hydrogen-bond acceptors (Lipinski definition) is 3. The van der Waals surface area contributed by atoms with E-state index in [1.807, 2.05) is 0 Å². The number of rotatable bonds is 3. The van der Waals surface area contributed by atoms with Gasteiger partial charge in [0.15, 0.2) is 0 Å². The summed E-state index contributed by atoms with van der Waals surface area (Å²) >= 11 is 0. The van der Waals surface area contributed by atoms with E-state index in [-0.39, 0.29) is 0 Å². The molecule has 0 fully saturated rings. The minimum atomic E-state index is 0.506. The van der Waals surface area contributed by atoms with E-state index in [2.05, 4.69) is 24.3 Å². The summed E-state index contributed by atoms with van der Waals surface area (Å²) in [6, 6.07) is 0.506. The fourth-order valence-corrected chi connectivity index (χ4v) is 1.89. The summed E-state index contributed by atoms with van der Waals surface area (Å²) in [5.41, 5.74) is 2.48. The molecule has 1 aliphatic rings. The lowest BCUT2D eigenvalue weighted by Crippen LogP contribution is -2.22. The van der Waals surface area contributed by atoms with Crippen molar-refractivity contribution in [2.75, 3.05) is 0 Å². The molecule has 0 spiro atoms. The molecule has 0 aliphatic heterocycles. The summed E-state index contributed by atoms with van der Waals surface area (Å²) in [5.74, 6) is 1.12. The van der Waals surface area contributed by atoms with Crippen LogP contribution in [-0.4, -0.2) is 11.2 Å². The molecule has 0 amide bonds. The molecule has 78 valence electrons. The van der Waals surface area contributed by atoms with Gasteiger partial charge in [0, 0.05) is 24.6 Å². The largest absolute Gasteiger partial charge is 0.361 e. The minimum Gasteiger partial charge on any atom is -0.361 e. The molecule has 1 aromatic heterocycles. The molecule has 0 bridgehead atoms. The van der Waals surface area contributed by atoms with Crippen LogP contribution in [-0.2, 0) is 19.4 Å². The van der Waals surface area contributed by atoms with Crippen molar-refractivity contribution < 1.29 is 4.52 Å². The van der Waals surface area contributed by atoms with E-state index in [0.29, 0.717) is 6.04 Å². The Labute approximate surface area is 84.9 Å². The van der Waals surface area contributed by atoms with Crippen LogP contribution in [0.4, 0.5) is 0 Å². The Morgan fingerprint density at radius 2 is 2.14 bits per heavy atom. The number of nitrogens with one attached hydrogen (secondary N) is 1. The Hall–Kier alpha value is -0.830. The maximum Gasteiger partial charge on any atom is 0.140 e. The zero-order valence-corrected chi connectivity index (χ0v) is 8.97. The van der Waals surface area contributed by atoms with Crippen molar-refractivity contribution in [3.05, 3.63) is 17.0 Å². The van der Waals surface area contributed by atoms with Crippen molar-refractivity contribution in [2.24, 2.45) is 0 Å². The smallest absolute Gasteiger partial charge is 0.140 e. The molecule has 1 N–H and O–H groups in total. The normalized spacial score (nSPS) is 15.9. The predicted octanol–water partition coefficient (Wildman–Crippen LogP) is 2.05. The Bertz CT molecular complexity index is 304. The number of nitrogens with zero attached hydrogens (tertiary/aromatic N) is 1. The first-order chi connectivity index (χ1) is 6.77. The van der Waals surface area contributed by atoms with Gasteiger partial charge in [-0.2, -0.15) is 0 Å². The second kappa shape index (κ2) is 4.13. The Kier molecular flexibility index (Phi) is 2.87. The van der Waals surface area contributed by atoms with Crippen molar-refractivity contribution in [1.82, 2.24) is 10.5 Å². The van der Waals surface area contributed by atoms with Crippen molar-refractivity contribution >= 4 is 0 Å². The first-order valence-electron chi connectivity index (χ1n) is 5.47. The van der Waals surface area contributed by atoms with Gasteiger partial charge in [-0.25, -0.2) is 0 Å². The SMILES string of the molecule is CC(C)NCc1noc2c1CCCC2. The van der Waals surface area contributed by atoms with Gasteiger partial charge < -0.3 is 9.84 Å². The topological polar surface area (TPSA) is 38.1 Å². The van der Waals surface area contributed by atoms with Gasteiger partial charge in [-0.3, -0.25) is 0 Å². The lowest BCUT2D eigenvalue weighted by molar-refractivity contribution is 0.366. The minimum absolute atomic E-state index is 0.506. The zero-order valence-electron chi connectivity index (χ0n) is 8.97. The van der Waals surface area contributed by atoms with E-state index in [4.69, 9.17) is 4.52 Å². The zero-order chi connectivity index (χ0) is 9.97. The third-order valence-electron chi connectivity index (χ3n) is 2.71. The Morgan fingerprint density at radius 1 is 1.36 bits per heavy atom. The van der Waals surface area contributed by atoms with Gasteiger partial charge in [0.05, 0.1) is 0 Å². The highest BCUT2D eigenvalue weighted by molar-refractivity contribution is 5.25. The monoisotopic (exact) mass is 194 g/mol. The molecule has 0 aromatic carbocycles. The number of fused-ring (bicyclic) bond motifs is 1. The van der Waals surface area contributed by atoms with Crippen LogP contribution < -0.4 is 5.32 Å². The second-order valence-corrected chi connectivity index (χ2v) is 4.27. The molecule has 3 heteroatoms. The van der Waals surface area contributed by atoms with Gasteiger partial charge in [-0.15, -0.1) is 0 Å². The molecule has 0 saturated heterocycles.